The minimum atomic E-state index is 0.152. The number of nitrogens with one attached hydrogen (secondary N) is 1. The first kappa shape index (κ1) is 13.2. The van der Waals surface area contributed by atoms with Crippen LogP contribution in [0, 0.1) is 0 Å². The van der Waals surface area contributed by atoms with E-state index in [1.165, 1.54) is 0 Å². The Morgan fingerprint density at radius 3 is 2.54 bits per heavy atom. The molecule has 2 nitrogen and oxygen atoms in total. The zero-order chi connectivity index (χ0) is 10.3. The fraction of sp³-hybridized carbons (Fsp3) is 1.00. The van der Waals surface area contributed by atoms with Gasteiger partial charge >= 0.3 is 0 Å². The molecule has 0 bridgehead atoms. The Balaban J connectivity index is 3.93. The molecule has 0 saturated heterocycles. The van der Waals surface area contributed by atoms with Crippen LogP contribution < -0.4 is 5.32 Å². The SMILES string of the molecule is CCC(C)(CCCl)NC(C)COC. The molecule has 3 heteroatoms. The van der Waals surface area contributed by atoms with Crippen LogP contribution in [0.3, 0.4) is 0 Å². The van der Waals surface area contributed by atoms with Crippen molar-refractivity contribution in [3.63, 3.8) is 0 Å². The van der Waals surface area contributed by atoms with Gasteiger partial charge in [-0.05, 0) is 26.7 Å². The molecule has 0 aliphatic rings. The molecule has 0 amide bonds. The summed E-state index contributed by atoms with van der Waals surface area (Å²) in [6.07, 6.45) is 2.09. The molecular weight excluding hydrogens is 186 g/mol. The molecule has 80 valence electrons. The molecule has 0 aromatic rings. The topological polar surface area (TPSA) is 21.3 Å². The highest BCUT2D eigenvalue weighted by Gasteiger charge is 2.22. The van der Waals surface area contributed by atoms with E-state index in [0.29, 0.717) is 11.9 Å². The van der Waals surface area contributed by atoms with Gasteiger partial charge in [0.15, 0.2) is 0 Å². The molecule has 1 N–H and O–H groups in total. The van der Waals surface area contributed by atoms with Gasteiger partial charge < -0.3 is 10.1 Å². The van der Waals surface area contributed by atoms with Crippen LogP contribution in [-0.4, -0.2) is 31.2 Å². The highest BCUT2D eigenvalue weighted by Crippen LogP contribution is 2.15. The Labute approximate surface area is 87.0 Å². The van der Waals surface area contributed by atoms with Crippen LogP contribution in [0.1, 0.15) is 33.6 Å². The van der Waals surface area contributed by atoms with Crippen LogP contribution >= 0.6 is 11.6 Å². The van der Waals surface area contributed by atoms with Gasteiger partial charge in [-0.1, -0.05) is 6.92 Å². The Kier molecular flexibility index (Phi) is 6.74. The molecular formula is C10H22ClNO. The molecule has 0 radical (unpaired) electrons. The Morgan fingerprint density at radius 2 is 2.15 bits per heavy atom. The van der Waals surface area contributed by atoms with Crippen LogP contribution in [0.25, 0.3) is 0 Å². The fourth-order valence-corrected chi connectivity index (χ4v) is 1.86. The zero-order valence-corrected chi connectivity index (χ0v) is 9.95. The van der Waals surface area contributed by atoms with Gasteiger partial charge in [-0.15, -0.1) is 11.6 Å². The summed E-state index contributed by atoms with van der Waals surface area (Å²) in [5.41, 5.74) is 0.152. The van der Waals surface area contributed by atoms with Crippen LogP contribution in [0.4, 0.5) is 0 Å². The maximum Gasteiger partial charge on any atom is 0.0613 e. The summed E-state index contributed by atoms with van der Waals surface area (Å²) >= 11 is 5.75. The van der Waals surface area contributed by atoms with Gasteiger partial charge in [0.05, 0.1) is 6.61 Å². The van der Waals surface area contributed by atoms with Crippen LogP contribution in [-0.2, 0) is 4.74 Å². The lowest BCUT2D eigenvalue weighted by Gasteiger charge is -2.32. The molecule has 0 heterocycles. The molecule has 2 unspecified atom stereocenters. The Bertz CT molecular complexity index is 132. The Morgan fingerprint density at radius 1 is 1.54 bits per heavy atom. The lowest BCUT2D eigenvalue weighted by molar-refractivity contribution is 0.151. The summed E-state index contributed by atoms with van der Waals surface area (Å²) in [6, 6.07) is 0.387. The lowest BCUT2D eigenvalue weighted by atomic mass is 9.94. The van der Waals surface area contributed by atoms with Crippen molar-refractivity contribution in [1.82, 2.24) is 5.32 Å². The smallest absolute Gasteiger partial charge is 0.0613 e. The maximum absolute atomic E-state index is 5.75. The molecule has 0 aromatic carbocycles. The first-order valence-corrected chi connectivity index (χ1v) is 5.44. The van der Waals surface area contributed by atoms with Crippen LogP contribution in [0.2, 0.25) is 0 Å². The summed E-state index contributed by atoms with van der Waals surface area (Å²) in [7, 11) is 1.73. The van der Waals surface area contributed by atoms with Crippen molar-refractivity contribution >= 4 is 11.6 Å². The van der Waals surface area contributed by atoms with E-state index in [2.05, 4.69) is 26.1 Å². The third-order valence-electron chi connectivity index (χ3n) is 2.44. The van der Waals surface area contributed by atoms with Crippen molar-refractivity contribution < 1.29 is 4.74 Å². The Hall–Kier alpha value is 0.210. The molecule has 0 aromatic heterocycles. The highest BCUT2D eigenvalue weighted by atomic mass is 35.5. The minimum absolute atomic E-state index is 0.152. The molecule has 0 fully saturated rings. The van der Waals surface area contributed by atoms with Gasteiger partial charge in [-0.25, -0.2) is 0 Å². The average molecular weight is 208 g/mol. The quantitative estimate of drug-likeness (QED) is 0.648. The number of methoxy groups -OCH3 is 1. The van der Waals surface area contributed by atoms with Gasteiger partial charge in [-0.3, -0.25) is 0 Å². The predicted molar refractivity (Wildman–Crippen MR) is 58.5 cm³/mol. The molecule has 0 aliphatic carbocycles. The first-order chi connectivity index (χ1) is 6.08. The number of alkyl halides is 1. The zero-order valence-electron chi connectivity index (χ0n) is 9.19. The number of hydrogen-bond acceptors (Lipinski definition) is 2. The van der Waals surface area contributed by atoms with Crippen LogP contribution in [0.5, 0.6) is 0 Å². The van der Waals surface area contributed by atoms with Gasteiger partial charge in [0.2, 0.25) is 0 Å². The summed E-state index contributed by atoms with van der Waals surface area (Å²) < 4.78 is 5.08. The van der Waals surface area contributed by atoms with Crippen molar-refractivity contribution in [2.75, 3.05) is 19.6 Å². The average Bonchev–Trinajstić information content (AvgIpc) is 2.05. The van der Waals surface area contributed by atoms with E-state index in [-0.39, 0.29) is 5.54 Å². The van der Waals surface area contributed by atoms with E-state index >= 15 is 0 Å². The van der Waals surface area contributed by atoms with Gasteiger partial charge in [-0.2, -0.15) is 0 Å². The van der Waals surface area contributed by atoms with Crippen molar-refractivity contribution in [2.45, 2.75) is 45.2 Å². The third kappa shape index (κ3) is 5.50. The fourth-order valence-electron chi connectivity index (χ4n) is 1.45. The van der Waals surface area contributed by atoms with Crippen molar-refractivity contribution in [3.05, 3.63) is 0 Å². The first-order valence-electron chi connectivity index (χ1n) is 4.90. The molecule has 0 rings (SSSR count). The largest absolute Gasteiger partial charge is 0.383 e. The maximum atomic E-state index is 5.75. The predicted octanol–water partition coefficient (Wildman–Crippen LogP) is 2.41. The summed E-state index contributed by atoms with van der Waals surface area (Å²) in [4.78, 5) is 0. The van der Waals surface area contributed by atoms with Gasteiger partial charge in [0.25, 0.3) is 0 Å². The number of hydrogen-bond donors (Lipinski definition) is 1. The van der Waals surface area contributed by atoms with E-state index in [9.17, 15) is 0 Å². The van der Waals surface area contributed by atoms with Crippen molar-refractivity contribution in [1.29, 1.82) is 0 Å². The second-order valence-corrected chi connectivity index (χ2v) is 4.23. The number of rotatable bonds is 7. The van der Waals surface area contributed by atoms with Gasteiger partial charge in [0, 0.05) is 24.6 Å². The summed E-state index contributed by atoms with van der Waals surface area (Å²) in [5, 5.41) is 3.54. The summed E-state index contributed by atoms with van der Waals surface area (Å²) in [6.45, 7) is 7.27. The van der Waals surface area contributed by atoms with E-state index in [1.807, 2.05) is 0 Å². The molecule has 0 aliphatic heterocycles. The van der Waals surface area contributed by atoms with Crippen LogP contribution in [0.15, 0.2) is 0 Å². The minimum Gasteiger partial charge on any atom is -0.383 e. The monoisotopic (exact) mass is 207 g/mol. The van der Waals surface area contributed by atoms with Crippen molar-refractivity contribution in [3.8, 4) is 0 Å². The highest BCUT2D eigenvalue weighted by molar-refractivity contribution is 6.17. The molecule has 0 saturated carbocycles. The lowest BCUT2D eigenvalue weighted by Crippen LogP contribution is -2.48. The standard InChI is InChI=1S/C10H22ClNO/c1-5-10(3,6-7-11)12-9(2)8-13-4/h9,12H,5-8H2,1-4H3. The number of ether oxygens (including phenoxy) is 1. The molecule has 0 spiro atoms. The summed E-state index contributed by atoms with van der Waals surface area (Å²) in [5.74, 6) is 0.705. The van der Waals surface area contributed by atoms with E-state index in [1.54, 1.807) is 7.11 Å². The second-order valence-electron chi connectivity index (χ2n) is 3.85. The molecule has 13 heavy (non-hydrogen) atoms. The number of halogens is 1. The van der Waals surface area contributed by atoms with Gasteiger partial charge in [0.1, 0.15) is 0 Å². The molecule has 2 atom stereocenters. The van der Waals surface area contributed by atoms with E-state index in [4.69, 9.17) is 16.3 Å². The van der Waals surface area contributed by atoms with E-state index < -0.39 is 0 Å². The third-order valence-corrected chi connectivity index (χ3v) is 2.63. The second kappa shape index (κ2) is 6.63. The van der Waals surface area contributed by atoms with E-state index in [0.717, 1.165) is 19.4 Å². The van der Waals surface area contributed by atoms with Crippen molar-refractivity contribution in [2.24, 2.45) is 0 Å². The normalized spacial score (nSPS) is 18.2.